The predicted octanol–water partition coefficient (Wildman–Crippen LogP) is 2.12. The highest BCUT2D eigenvalue weighted by atomic mass is 16.5. The van der Waals surface area contributed by atoms with Crippen molar-refractivity contribution >= 4 is 11.7 Å². The fourth-order valence-electron chi connectivity index (χ4n) is 1.60. The Morgan fingerprint density at radius 1 is 1.27 bits per heavy atom. The van der Waals surface area contributed by atoms with Crippen LogP contribution in [0.5, 0.6) is 5.75 Å². The molecule has 0 bridgehead atoms. The number of carbonyl (C=O) groups excluding carboxylic acids is 1. The van der Waals surface area contributed by atoms with Gasteiger partial charge in [0.05, 0.1) is 26.7 Å². The molecule has 0 unspecified atom stereocenters. The molecule has 1 aromatic carbocycles. The van der Waals surface area contributed by atoms with Crippen LogP contribution in [0.2, 0.25) is 0 Å². The second-order valence-corrected chi connectivity index (χ2v) is 4.51. The summed E-state index contributed by atoms with van der Waals surface area (Å²) in [5.74, 6) is 0.365. The fourth-order valence-corrected chi connectivity index (χ4v) is 1.60. The molecule has 15 heavy (non-hydrogen) atoms. The van der Waals surface area contributed by atoms with Crippen molar-refractivity contribution in [3.8, 4) is 5.75 Å². The largest absolute Gasteiger partial charge is 0.426 e. The van der Waals surface area contributed by atoms with Crippen LogP contribution in [0, 0.1) is 6.92 Å². The summed E-state index contributed by atoms with van der Waals surface area (Å²) >= 11 is 0. The topological polar surface area (TPSA) is 26.3 Å². The maximum absolute atomic E-state index is 10.9. The lowest BCUT2D eigenvalue weighted by Gasteiger charge is -2.25. The van der Waals surface area contributed by atoms with Crippen molar-refractivity contribution in [2.24, 2.45) is 0 Å². The lowest BCUT2D eigenvalue weighted by atomic mass is 10.1. The molecule has 0 saturated heterocycles. The Hall–Kier alpha value is -1.35. The molecule has 3 nitrogen and oxygen atoms in total. The molecule has 0 N–H and O–H groups in total. The molecule has 0 radical (unpaired) electrons. The fraction of sp³-hybridized carbons (Fsp3) is 0.417. The van der Waals surface area contributed by atoms with Crippen molar-refractivity contribution in [3.63, 3.8) is 0 Å². The summed E-state index contributed by atoms with van der Waals surface area (Å²) in [5.41, 5.74) is 2.16. The van der Waals surface area contributed by atoms with E-state index in [0.29, 0.717) is 10.2 Å². The van der Waals surface area contributed by atoms with Crippen molar-refractivity contribution in [2.75, 3.05) is 21.1 Å². The molecular formula is C12H18NO2+. The molecule has 82 valence electrons. The summed E-state index contributed by atoms with van der Waals surface area (Å²) in [6, 6.07) is 5.77. The predicted molar refractivity (Wildman–Crippen MR) is 62.1 cm³/mol. The first kappa shape index (κ1) is 11.7. The zero-order chi connectivity index (χ0) is 11.6. The van der Waals surface area contributed by atoms with Gasteiger partial charge in [0.1, 0.15) is 11.4 Å². The minimum atomic E-state index is -0.281. The first-order valence-electron chi connectivity index (χ1n) is 4.92. The second-order valence-electron chi connectivity index (χ2n) is 4.51. The Bertz CT molecular complexity index is 378. The van der Waals surface area contributed by atoms with Crippen molar-refractivity contribution < 1.29 is 9.53 Å². The summed E-state index contributed by atoms with van der Waals surface area (Å²) in [6.45, 7) is 3.38. The average molecular weight is 208 g/mol. The van der Waals surface area contributed by atoms with Crippen LogP contribution in [0.25, 0.3) is 0 Å². The summed E-state index contributed by atoms with van der Waals surface area (Å²) in [5, 5.41) is 0. The third-order valence-electron chi connectivity index (χ3n) is 2.23. The molecule has 0 heterocycles. The van der Waals surface area contributed by atoms with Crippen LogP contribution in [0.1, 0.15) is 12.5 Å². The van der Waals surface area contributed by atoms with Crippen molar-refractivity contribution in [3.05, 3.63) is 23.8 Å². The van der Waals surface area contributed by atoms with Gasteiger partial charge in [0, 0.05) is 6.92 Å². The van der Waals surface area contributed by atoms with Gasteiger partial charge in [-0.3, -0.25) is 9.28 Å². The molecule has 1 aromatic rings. The average Bonchev–Trinajstić information content (AvgIpc) is 2.05. The zero-order valence-electron chi connectivity index (χ0n) is 10.00. The Balaban J connectivity index is 3.17. The molecule has 0 saturated carbocycles. The number of nitrogens with zero attached hydrogens (tertiary/aromatic N) is 1. The van der Waals surface area contributed by atoms with Gasteiger partial charge in [-0.2, -0.15) is 0 Å². The Kier molecular flexibility index (Phi) is 3.15. The molecular weight excluding hydrogens is 190 g/mol. The normalized spacial score (nSPS) is 11.3. The lowest BCUT2D eigenvalue weighted by molar-refractivity contribution is -0.131. The van der Waals surface area contributed by atoms with E-state index in [4.69, 9.17) is 4.74 Å². The van der Waals surface area contributed by atoms with Crippen molar-refractivity contribution in [1.29, 1.82) is 0 Å². The SMILES string of the molecule is CC(=O)Oc1cccc([N+](C)(C)C)c1C. The van der Waals surface area contributed by atoms with Gasteiger partial charge >= 0.3 is 5.97 Å². The van der Waals surface area contributed by atoms with Gasteiger partial charge in [0.15, 0.2) is 0 Å². The Morgan fingerprint density at radius 3 is 2.33 bits per heavy atom. The first-order chi connectivity index (χ1) is 6.82. The number of rotatable bonds is 2. The van der Waals surface area contributed by atoms with Crippen molar-refractivity contribution in [1.82, 2.24) is 4.48 Å². The van der Waals surface area contributed by atoms with E-state index in [-0.39, 0.29) is 5.97 Å². The van der Waals surface area contributed by atoms with E-state index < -0.39 is 0 Å². The highest BCUT2D eigenvalue weighted by Crippen LogP contribution is 2.29. The van der Waals surface area contributed by atoms with Gasteiger partial charge in [0.2, 0.25) is 0 Å². The van der Waals surface area contributed by atoms with Crippen LogP contribution in [0.4, 0.5) is 5.69 Å². The molecule has 3 heteroatoms. The number of hydrogen-bond donors (Lipinski definition) is 0. The van der Waals surface area contributed by atoms with Gasteiger partial charge in [0.25, 0.3) is 0 Å². The maximum atomic E-state index is 10.9. The highest BCUT2D eigenvalue weighted by Gasteiger charge is 2.18. The summed E-state index contributed by atoms with van der Waals surface area (Å²) < 4.78 is 5.84. The van der Waals surface area contributed by atoms with E-state index in [2.05, 4.69) is 21.1 Å². The van der Waals surface area contributed by atoms with E-state index in [9.17, 15) is 4.79 Å². The van der Waals surface area contributed by atoms with E-state index in [0.717, 1.165) is 11.3 Å². The van der Waals surface area contributed by atoms with Gasteiger partial charge in [-0.05, 0) is 19.1 Å². The van der Waals surface area contributed by atoms with Gasteiger partial charge in [-0.15, -0.1) is 0 Å². The summed E-state index contributed by atoms with van der Waals surface area (Å²) in [4.78, 5) is 10.9. The quantitative estimate of drug-likeness (QED) is 0.423. The number of carbonyl (C=O) groups is 1. The minimum absolute atomic E-state index is 0.281. The smallest absolute Gasteiger partial charge is 0.308 e. The maximum Gasteiger partial charge on any atom is 0.308 e. The van der Waals surface area contributed by atoms with Crippen LogP contribution >= 0.6 is 0 Å². The van der Waals surface area contributed by atoms with Crippen LogP contribution in [-0.4, -0.2) is 27.1 Å². The molecule has 0 aliphatic carbocycles. The Morgan fingerprint density at radius 2 is 1.87 bits per heavy atom. The molecule has 0 aliphatic heterocycles. The highest BCUT2D eigenvalue weighted by molar-refractivity contribution is 5.71. The first-order valence-corrected chi connectivity index (χ1v) is 4.92. The minimum Gasteiger partial charge on any atom is -0.426 e. The molecule has 0 aliphatic rings. The Labute approximate surface area is 90.9 Å². The molecule has 0 fully saturated rings. The lowest BCUT2D eigenvalue weighted by Crippen LogP contribution is -2.35. The summed E-state index contributed by atoms with van der Waals surface area (Å²) in [7, 11) is 6.25. The standard InChI is InChI=1S/C12H18NO2/c1-9-11(13(3,4)5)7-6-8-12(9)15-10(2)14/h6-8H,1-5H3/q+1. The zero-order valence-corrected chi connectivity index (χ0v) is 10.00. The number of hydrogen-bond acceptors (Lipinski definition) is 2. The van der Waals surface area contributed by atoms with Crippen LogP contribution in [0.15, 0.2) is 18.2 Å². The number of ether oxygens (including phenoxy) is 1. The monoisotopic (exact) mass is 208 g/mol. The van der Waals surface area contributed by atoms with Crippen molar-refractivity contribution in [2.45, 2.75) is 13.8 Å². The summed E-state index contributed by atoms with van der Waals surface area (Å²) in [6.07, 6.45) is 0. The van der Waals surface area contributed by atoms with E-state index in [1.165, 1.54) is 6.92 Å². The van der Waals surface area contributed by atoms with E-state index >= 15 is 0 Å². The van der Waals surface area contributed by atoms with Gasteiger partial charge < -0.3 is 4.74 Å². The van der Waals surface area contributed by atoms with Crippen LogP contribution in [-0.2, 0) is 4.79 Å². The van der Waals surface area contributed by atoms with E-state index in [1.807, 2.05) is 25.1 Å². The molecule has 0 spiro atoms. The third-order valence-corrected chi connectivity index (χ3v) is 2.23. The molecule has 0 aromatic heterocycles. The van der Waals surface area contributed by atoms with Gasteiger partial charge in [-0.25, -0.2) is 0 Å². The number of esters is 1. The van der Waals surface area contributed by atoms with E-state index in [1.54, 1.807) is 0 Å². The molecule has 1 rings (SSSR count). The number of quaternary nitrogens is 1. The van der Waals surface area contributed by atoms with Gasteiger partial charge in [-0.1, -0.05) is 6.07 Å². The number of benzene rings is 1. The third kappa shape index (κ3) is 2.80. The van der Waals surface area contributed by atoms with Crippen LogP contribution < -0.4 is 9.22 Å². The van der Waals surface area contributed by atoms with Crippen LogP contribution in [0.3, 0.4) is 0 Å². The second kappa shape index (κ2) is 4.03. The molecule has 0 atom stereocenters. The molecule has 0 amide bonds.